The number of ether oxygens (including phenoxy) is 1. The molecule has 0 saturated carbocycles. The minimum atomic E-state index is -0.432. The molecule has 2 fully saturated rings. The van der Waals surface area contributed by atoms with Gasteiger partial charge in [0.05, 0.1) is 7.11 Å². The van der Waals surface area contributed by atoms with Crippen molar-refractivity contribution in [2.24, 2.45) is 0 Å². The number of benzene rings is 1. The molecule has 0 amide bonds. The molecule has 3 heterocycles. The number of methoxy groups -OCH3 is 1. The van der Waals surface area contributed by atoms with Crippen LogP contribution in [0.1, 0.15) is 45.4 Å². The van der Waals surface area contributed by atoms with Crippen LogP contribution in [0, 0.1) is 5.82 Å². The van der Waals surface area contributed by atoms with Crippen molar-refractivity contribution >= 4 is 23.5 Å². The van der Waals surface area contributed by atoms with Crippen LogP contribution in [0.4, 0.5) is 27.9 Å². The number of anilines is 4. The summed E-state index contributed by atoms with van der Waals surface area (Å²) >= 11 is 0. The Balaban J connectivity index is 1.55. The van der Waals surface area contributed by atoms with Crippen LogP contribution in [-0.4, -0.2) is 65.7 Å². The summed E-state index contributed by atoms with van der Waals surface area (Å²) in [6, 6.07) is 5.22. The van der Waals surface area contributed by atoms with Crippen LogP contribution in [0.3, 0.4) is 0 Å². The van der Waals surface area contributed by atoms with Crippen LogP contribution < -0.4 is 20.3 Å². The first-order valence-corrected chi connectivity index (χ1v) is 11.8. The number of hydrogen-bond acceptors (Lipinski definition) is 8. The Bertz CT molecular complexity index is 889. The van der Waals surface area contributed by atoms with Crippen molar-refractivity contribution in [2.75, 3.05) is 55.4 Å². The molecule has 1 atom stereocenters. The summed E-state index contributed by atoms with van der Waals surface area (Å²) in [4.78, 5) is 18.7. The van der Waals surface area contributed by atoms with Crippen molar-refractivity contribution in [1.82, 2.24) is 19.9 Å². The molecule has 2 aromatic rings. The van der Waals surface area contributed by atoms with Crippen LogP contribution >= 0.6 is 0 Å². The summed E-state index contributed by atoms with van der Waals surface area (Å²) in [6.07, 6.45) is 7.14. The van der Waals surface area contributed by atoms with E-state index in [9.17, 15) is 4.39 Å². The Labute approximate surface area is 189 Å². The summed E-state index contributed by atoms with van der Waals surface area (Å²) in [5.41, 5.74) is 0.565. The van der Waals surface area contributed by atoms with E-state index in [4.69, 9.17) is 9.72 Å². The van der Waals surface area contributed by atoms with Gasteiger partial charge in [0.15, 0.2) is 11.6 Å². The fraction of sp³-hybridized carbons (Fsp3) is 0.609. The van der Waals surface area contributed by atoms with E-state index in [1.165, 1.54) is 38.9 Å². The normalized spacial score (nSPS) is 19.6. The number of hydrogen-bond donors (Lipinski definition) is 2. The van der Waals surface area contributed by atoms with E-state index in [2.05, 4.69) is 37.3 Å². The molecule has 1 aromatic heterocycles. The average Bonchev–Trinajstić information content (AvgIpc) is 3.08. The lowest BCUT2D eigenvalue weighted by atomic mass is 10.2. The fourth-order valence-electron chi connectivity index (χ4n) is 4.54. The van der Waals surface area contributed by atoms with Gasteiger partial charge < -0.3 is 20.3 Å². The van der Waals surface area contributed by atoms with Crippen LogP contribution in [0.15, 0.2) is 18.2 Å². The molecule has 4 rings (SSSR count). The summed E-state index contributed by atoms with van der Waals surface area (Å²) in [5.74, 6) is 1.40. The van der Waals surface area contributed by atoms with Gasteiger partial charge in [0, 0.05) is 37.4 Å². The lowest BCUT2D eigenvalue weighted by Gasteiger charge is -2.24. The van der Waals surface area contributed by atoms with Gasteiger partial charge in [-0.05, 0) is 50.9 Å². The van der Waals surface area contributed by atoms with Crippen molar-refractivity contribution in [3.8, 4) is 5.75 Å². The second-order valence-electron chi connectivity index (χ2n) is 8.46. The maximum atomic E-state index is 14.2. The molecule has 2 aliphatic heterocycles. The first-order chi connectivity index (χ1) is 15.7. The van der Waals surface area contributed by atoms with Gasteiger partial charge in [0.2, 0.25) is 17.8 Å². The second-order valence-corrected chi connectivity index (χ2v) is 8.46. The molecule has 1 aromatic carbocycles. The van der Waals surface area contributed by atoms with Crippen LogP contribution in [0.5, 0.6) is 5.75 Å². The van der Waals surface area contributed by atoms with Gasteiger partial charge in [0.25, 0.3) is 0 Å². The fourth-order valence-corrected chi connectivity index (χ4v) is 4.54. The molecule has 1 unspecified atom stereocenters. The third-order valence-corrected chi connectivity index (χ3v) is 6.32. The first kappa shape index (κ1) is 22.5. The largest absolute Gasteiger partial charge is 0.494 e. The van der Waals surface area contributed by atoms with E-state index >= 15 is 0 Å². The van der Waals surface area contributed by atoms with E-state index in [1.807, 2.05) is 0 Å². The molecule has 0 bridgehead atoms. The minimum absolute atomic E-state index is 0.204. The van der Waals surface area contributed by atoms with E-state index in [0.717, 1.165) is 45.6 Å². The summed E-state index contributed by atoms with van der Waals surface area (Å²) in [6.45, 7) is 7.08. The van der Waals surface area contributed by atoms with Gasteiger partial charge in [-0.25, -0.2) is 4.39 Å². The Kier molecular flexibility index (Phi) is 7.57. The predicted molar refractivity (Wildman–Crippen MR) is 126 cm³/mol. The van der Waals surface area contributed by atoms with Gasteiger partial charge >= 0.3 is 0 Å². The van der Waals surface area contributed by atoms with Gasteiger partial charge in [0.1, 0.15) is 0 Å². The highest BCUT2D eigenvalue weighted by Gasteiger charge is 2.23. The molecule has 8 nitrogen and oxygen atoms in total. The van der Waals surface area contributed by atoms with Gasteiger partial charge in [-0.15, -0.1) is 0 Å². The predicted octanol–water partition coefficient (Wildman–Crippen LogP) is 4.04. The molecule has 0 aliphatic carbocycles. The first-order valence-electron chi connectivity index (χ1n) is 11.8. The molecule has 9 heteroatoms. The molecule has 0 radical (unpaired) electrons. The quantitative estimate of drug-likeness (QED) is 0.633. The van der Waals surface area contributed by atoms with Crippen LogP contribution in [-0.2, 0) is 0 Å². The highest BCUT2D eigenvalue weighted by molar-refractivity contribution is 5.57. The Hall–Kier alpha value is -2.68. The molecule has 174 valence electrons. The highest BCUT2D eigenvalue weighted by Crippen LogP contribution is 2.25. The monoisotopic (exact) mass is 443 g/mol. The zero-order chi connectivity index (χ0) is 22.3. The summed E-state index contributed by atoms with van der Waals surface area (Å²) in [7, 11) is 1.45. The lowest BCUT2D eigenvalue weighted by Crippen LogP contribution is -2.35. The zero-order valence-electron chi connectivity index (χ0n) is 19.1. The molecule has 32 heavy (non-hydrogen) atoms. The smallest absolute Gasteiger partial charge is 0.233 e. The number of rotatable bonds is 8. The maximum Gasteiger partial charge on any atom is 0.233 e. The SMILES string of the molecule is CCN1CCCC1CNc1nc(Nc2ccc(OC)c(F)c2)nc(N2CCCCCC2)n1. The average molecular weight is 444 g/mol. The van der Waals surface area contributed by atoms with E-state index < -0.39 is 5.82 Å². The Morgan fingerprint density at radius 2 is 1.81 bits per heavy atom. The van der Waals surface area contributed by atoms with Crippen LogP contribution in [0.2, 0.25) is 0 Å². The number of halogens is 1. The molecule has 2 N–H and O–H groups in total. The third-order valence-electron chi connectivity index (χ3n) is 6.32. The minimum Gasteiger partial charge on any atom is -0.494 e. The van der Waals surface area contributed by atoms with Crippen molar-refractivity contribution in [3.05, 3.63) is 24.0 Å². The van der Waals surface area contributed by atoms with Gasteiger partial charge in [-0.3, -0.25) is 4.90 Å². The highest BCUT2D eigenvalue weighted by atomic mass is 19.1. The molecule has 2 aliphatic rings. The number of likely N-dealkylation sites (N-methyl/N-ethyl adjacent to an activating group) is 1. The number of aromatic nitrogens is 3. The van der Waals surface area contributed by atoms with E-state index in [0.29, 0.717) is 29.6 Å². The number of nitrogens with zero attached hydrogens (tertiary/aromatic N) is 5. The summed E-state index contributed by atoms with van der Waals surface area (Å²) < 4.78 is 19.2. The number of likely N-dealkylation sites (tertiary alicyclic amines) is 1. The molecular weight excluding hydrogens is 409 g/mol. The lowest BCUT2D eigenvalue weighted by molar-refractivity contribution is 0.277. The molecular formula is C23H34FN7O. The maximum absolute atomic E-state index is 14.2. The molecule has 0 spiro atoms. The van der Waals surface area contributed by atoms with E-state index in [-0.39, 0.29) is 5.75 Å². The van der Waals surface area contributed by atoms with Gasteiger partial charge in [-0.2, -0.15) is 15.0 Å². The van der Waals surface area contributed by atoms with Gasteiger partial charge in [-0.1, -0.05) is 19.8 Å². The van der Waals surface area contributed by atoms with Crippen molar-refractivity contribution in [3.63, 3.8) is 0 Å². The Morgan fingerprint density at radius 1 is 1.03 bits per heavy atom. The zero-order valence-corrected chi connectivity index (χ0v) is 19.1. The number of nitrogens with one attached hydrogen (secondary N) is 2. The summed E-state index contributed by atoms with van der Waals surface area (Å²) in [5, 5.41) is 6.58. The van der Waals surface area contributed by atoms with Crippen molar-refractivity contribution in [2.45, 2.75) is 51.5 Å². The molecule has 2 saturated heterocycles. The topological polar surface area (TPSA) is 78.4 Å². The van der Waals surface area contributed by atoms with Crippen LogP contribution in [0.25, 0.3) is 0 Å². The van der Waals surface area contributed by atoms with Crippen molar-refractivity contribution in [1.29, 1.82) is 0 Å². The van der Waals surface area contributed by atoms with E-state index in [1.54, 1.807) is 12.1 Å². The standard InChI is InChI=1S/C23H34FN7O/c1-3-30-14-8-9-18(30)16-25-21-27-22(26-17-10-11-20(32-2)19(24)15-17)29-23(28-21)31-12-6-4-5-7-13-31/h10-11,15,18H,3-9,12-14,16H2,1-2H3,(H2,25,26,27,28,29). The third kappa shape index (κ3) is 5.56. The van der Waals surface area contributed by atoms with Crippen molar-refractivity contribution < 1.29 is 9.13 Å². The Morgan fingerprint density at radius 3 is 2.53 bits per heavy atom. The second kappa shape index (κ2) is 10.8.